The number of ether oxygens (including phenoxy) is 1. The molecule has 0 aliphatic carbocycles. The number of hydrogen-bond donors (Lipinski definition) is 0. The topological polar surface area (TPSA) is 39.4 Å². The highest BCUT2D eigenvalue weighted by molar-refractivity contribution is 5.84. The van der Waals surface area contributed by atoms with Crippen LogP contribution in [-0.2, 0) is 0 Å². The maximum atomic E-state index is 12.4. The lowest BCUT2D eigenvalue weighted by atomic mass is 10.1. The molecule has 0 radical (unpaired) electrons. The standard InChI is InChI=1S/C17H16O3/c1-4-7-12(5-2)15-11-20-16-10-13(19-6-3)8-9-14(16)17(15)18/h4-5,7-11H,1-2,6H2,3H3/b12-7+. The fourth-order valence-corrected chi connectivity index (χ4v) is 1.96. The SMILES string of the molecule is C=C/C=C(\C=C)c1coc2cc(OCC)ccc2c1=O. The van der Waals surface area contributed by atoms with Gasteiger partial charge in [0, 0.05) is 6.07 Å². The Morgan fingerprint density at radius 3 is 2.85 bits per heavy atom. The Labute approximate surface area is 117 Å². The largest absolute Gasteiger partial charge is 0.494 e. The summed E-state index contributed by atoms with van der Waals surface area (Å²) in [5, 5.41) is 0.516. The van der Waals surface area contributed by atoms with Crippen LogP contribution in [0, 0.1) is 0 Å². The summed E-state index contributed by atoms with van der Waals surface area (Å²) < 4.78 is 10.9. The van der Waals surface area contributed by atoms with E-state index in [-0.39, 0.29) is 5.43 Å². The Hall–Kier alpha value is -2.55. The Kier molecular flexibility index (Phi) is 4.20. The number of allylic oxidation sites excluding steroid dienone is 4. The number of benzene rings is 1. The average Bonchev–Trinajstić information content (AvgIpc) is 2.46. The normalized spacial score (nSPS) is 11.3. The molecular weight excluding hydrogens is 252 g/mol. The van der Waals surface area contributed by atoms with Crippen LogP contribution in [0.1, 0.15) is 12.5 Å². The Morgan fingerprint density at radius 1 is 1.40 bits per heavy atom. The molecule has 0 atom stereocenters. The first-order valence-electron chi connectivity index (χ1n) is 6.35. The quantitative estimate of drug-likeness (QED) is 0.771. The average molecular weight is 268 g/mol. The summed E-state index contributed by atoms with van der Waals surface area (Å²) >= 11 is 0. The second kappa shape index (κ2) is 6.06. The number of hydrogen-bond acceptors (Lipinski definition) is 3. The van der Waals surface area contributed by atoms with E-state index in [2.05, 4.69) is 13.2 Å². The van der Waals surface area contributed by atoms with E-state index in [0.29, 0.717) is 34.5 Å². The van der Waals surface area contributed by atoms with Gasteiger partial charge in [-0.15, -0.1) is 0 Å². The highest BCUT2D eigenvalue weighted by Gasteiger charge is 2.09. The van der Waals surface area contributed by atoms with Crippen molar-refractivity contribution >= 4 is 16.5 Å². The molecule has 0 bridgehead atoms. The second-order valence-corrected chi connectivity index (χ2v) is 4.13. The molecule has 20 heavy (non-hydrogen) atoms. The maximum absolute atomic E-state index is 12.4. The van der Waals surface area contributed by atoms with Crippen molar-refractivity contribution in [1.82, 2.24) is 0 Å². The van der Waals surface area contributed by atoms with E-state index in [1.165, 1.54) is 6.26 Å². The van der Waals surface area contributed by atoms with Gasteiger partial charge >= 0.3 is 0 Å². The lowest BCUT2D eigenvalue weighted by Crippen LogP contribution is -2.07. The first-order valence-corrected chi connectivity index (χ1v) is 6.35. The minimum absolute atomic E-state index is 0.0951. The van der Waals surface area contributed by atoms with Crippen LogP contribution in [0.3, 0.4) is 0 Å². The zero-order valence-electron chi connectivity index (χ0n) is 11.4. The molecule has 3 nitrogen and oxygen atoms in total. The van der Waals surface area contributed by atoms with Crippen molar-refractivity contribution in [3.8, 4) is 5.75 Å². The third-order valence-electron chi connectivity index (χ3n) is 2.89. The van der Waals surface area contributed by atoms with Crippen molar-refractivity contribution in [1.29, 1.82) is 0 Å². The zero-order valence-corrected chi connectivity index (χ0v) is 11.4. The highest BCUT2D eigenvalue weighted by Crippen LogP contribution is 2.21. The molecule has 1 aromatic carbocycles. The summed E-state index contributed by atoms with van der Waals surface area (Å²) in [6.45, 7) is 9.79. The molecule has 3 heteroatoms. The smallest absolute Gasteiger partial charge is 0.200 e. The highest BCUT2D eigenvalue weighted by atomic mass is 16.5. The van der Waals surface area contributed by atoms with Crippen LogP contribution in [0.2, 0.25) is 0 Å². The van der Waals surface area contributed by atoms with E-state index in [1.54, 1.807) is 36.4 Å². The van der Waals surface area contributed by atoms with E-state index < -0.39 is 0 Å². The van der Waals surface area contributed by atoms with Gasteiger partial charge < -0.3 is 9.15 Å². The van der Waals surface area contributed by atoms with Crippen LogP contribution in [0.15, 0.2) is 65.1 Å². The Morgan fingerprint density at radius 2 is 2.20 bits per heavy atom. The van der Waals surface area contributed by atoms with E-state index in [4.69, 9.17) is 9.15 Å². The molecule has 0 amide bonds. The van der Waals surface area contributed by atoms with Crippen molar-refractivity contribution in [2.24, 2.45) is 0 Å². The van der Waals surface area contributed by atoms with E-state index >= 15 is 0 Å². The van der Waals surface area contributed by atoms with Crippen LogP contribution in [0.25, 0.3) is 16.5 Å². The predicted molar refractivity (Wildman–Crippen MR) is 82.0 cm³/mol. The molecule has 0 spiro atoms. The van der Waals surface area contributed by atoms with Crippen molar-refractivity contribution in [2.45, 2.75) is 6.92 Å². The maximum Gasteiger partial charge on any atom is 0.200 e. The van der Waals surface area contributed by atoms with Crippen molar-refractivity contribution in [3.63, 3.8) is 0 Å². The van der Waals surface area contributed by atoms with Crippen molar-refractivity contribution in [2.75, 3.05) is 6.61 Å². The summed E-state index contributed by atoms with van der Waals surface area (Å²) in [4.78, 5) is 12.4. The molecule has 0 saturated heterocycles. The first-order chi connectivity index (χ1) is 9.71. The third-order valence-corrected chi connectivity index (χ3v) is 2.89. The van der Waals surface area contributed by atoms with Crippen LogP contribution < -0.4 is 10.2 Å². The molecule has 0 fully saturated rings. The minimum Gasteiger partial charge on any atom is -0.494 e. The van der Waals surface area contributed by atoms with Gasteiger partial charge in [-0.2, -0.15) is 0 Å². The zero-order chi connectivity index (χ0) is 14.5. The molecule has 2 aromatic rings. The van der Waals surface area contributed by atoms with Gasteiger partial charge in [-0.05, 0) is 24.6 Å². The van der Waals surface area contributed by atoms with Crippen molar-refractivity contribution < 1.29 is 9.15 Å². The van der Waals surface area contributed by atoms with Crippen LogP contribution >= 0.6 is 0 Å². The molecule has 1 heterocycles. The molecule has 0 unspecified atom stereocenters. The van der Waals surface area contributed by atoms with Crippen LogP contribution in [-0.4, -0.2) is 6.61 Å². The van der Waals surface area contributed by atoms with Gasteiger partial charge in [-0.25, -0.2) is 0 Å². The predicted octanol–water partition coefficient (Wildman–Crippen LogP) is 3.95. The van der Waals surface area contributed by atoms with Gasteiger partial charge in [0.1, 0.15) is 17.6 Å². The molecular formula is C17H16O3. The van der Waals surface area contributed by atoms with E-state index in [1.807, 2.05) is 6.92 Å². The number of fused-ring (bicyclic) bond motifs is 1. The number of rotatable bonds is 5. The van der Waals surface area contributed by atoms with Crippen molar-refractivity contribution in [3.05, 3.63) is 71.6 Å². The lowest BCUT2D eigenvalue weighted by Gasteiger charge is -2.05. The van der Waals surface area contributed by atoms with Crippen LogP contribution in [0.5, 0.6) is 5.75 Å². The molecule has 0 N–H and O–H groups in total. The Balaban J connectivity index is 2.63. The summed E-state index contributed by atoms with van der Waals surface area (Å²) in [7, 11) is 0. The third kappa shape index (κ3) is 2.57. The first kappa shape index (κ1) is 13.9. The van der Waals surface area contributed by atoms with Gasteiger partial charge in [0.25, 0.3) is 0 Å². The minimum atomic E-state index is -0.0951. The lowest BCUT2D eigenvalue weighted by molar-refractivity contribution is 0.340. The van der Waals surface area contributed by atoms with Gasteiger partial charge in [-0.1, -0.05) is 31.4 Å². The molecule has 2 rings (SSSR count). The summed E-state index contributed by atoms with van der Waals surface area (Å²) in [5.41, 5.74) is 1.56. The van der Waals surface area contributed by atoms with Gasteiger partial charge in [0.05, 0.1) is 17.6 Å². The van der Waals surface area contributed by atoms with Gasteiger partial charge in [0.15, 0.2) is 5.43 Å². The second-order valence-electron chi connectivity index (χ2n) is 4.13. The van der Waals surface area contributed by atoms with Gasteiger partial charge in [0.2, 0.25) is 0 Å². The monoisotopic (exact) mass is 268 g/mol. The molecule has 102 valence electrons. The van der Waals surface area contributed by atoms with Gasteiger partial charge in [-0.3, -0.25) is 4.79 Å². The molecule has 0 aliphatic rings. The summed E-state index contributed by atoms with van der Waals surface area (Å²) in [5.74, 6) is 0.682. The van der Waals surface area contributed by atoms with E-state index in [9.17, 15) is 4.79 Å². The fraction of sp³-hybridized carbons (Fsp3) is 0.118. The van der Waals surface area contributed by atoms with E-state index in [0.717, 1.165) is 0 Å². The Bertz CT molecular complexity index is 735. The van der Waals surface area contributed by atoms with Crippen LogP contribution in [0.4, 0.5) is 0 Å². The molecule has 1 aromatic heterocycles. The summed E-state index contributed by atoms with van der Waals surface area (Å²) in [6.07, 6.45) is 6.38. The summed E-state index contributed by atoms with van der Waals surface area (Å²) in [6, 6.07) is 5.19. The molecule has 0 aliphatic heterocycles. The fourth-order valence-electron chi connectivity index (χ4n) is 1.96. The molecule has 0 saturated carbocycles.